The summed E-state index contributed by atoms with van der Waals surface area (Å²) < 4.78 is 0. The van der Waals surface area contributed by atoms with Gasteiger partial charge in [-0.05, 0) is 31.4 Å². The highest BCUT2D eigenvalue weighted by atomic mass is 32.1. The summed E-state index contributed by atoms with van der Waals surface area (Å²) in [5.74, 6) is 1.49. The Labute approximate surface area is 158 Å². The molecule has 1 unspecified atom stereocenters. The molecule has 1 aromatic carbocycles. The summed E-state index contributed by atoms with van der Waals surface area (Å²) in [6, 6.07) is 7.78. The molecule has 6 heteroatoms. The first kappa shape index (κ1) is 18.6. The molecule has 138 valence electrons. The smallest absolute Gasteiger partial charge is 0.263 e. The van der Waals surface area contributed by atoms with Crippen LogP contribution in [0.4, 0.5) is 0 Å². The van der Waals surface area contributed by atoms with E-state index in [0.29, 0.717) is 16.7 Å². The Kier molecular flexibility index (Phi) is 5.41. The van der Waals surface area contributed by atoms with E-state index in [9.17, 15) is 4.79 Å². The summed E-state index contributed by atoms with van der Waals surface area (Å²) in [5.41, 5.74) is 2.70. The zero-order valence-electron chi connectivity index (χ0n) is 16.0. The number of rotatable bonds is 6. The molecule has 0 saturated carbocycles. The molecule has 5 nitrogen and oxygen atoms in total. The minimum Gasteiger partial charge on any atom is -0.341 e. The molecule has 2 N–H and O–H groups in total. The molecule has 1 atom stereocenters. The van der Waals surface area contributed by atoms with E-state index in [-0.39, 0.29) is 11.9 Å². The van der Waals surface area contributed by atoms with Crippen LogP contribution >= 0.6 is 11.3 Å². The van der Waals surface area contributed by atoms with Gasteiger partial charge in [-0.25, -0.2) is 9.97 Å². The van der Waals surface area contributed by atoms with Crippen LogP contribution in [0.3, 0.4) is 0 Å². The summed E-state index contributed by atoms with van der Waals surface area (Å²) in [7, 11) is 0. The zero-order chi connectivity index (χ0) is 18.8. The largest absolute Gasteiger partial charge is 0.341 e. The van der Waals surface area contributed by atoms with Crippen molar-refractivity contribution in [3.8, 4) is 0 Å². The molecule has 0 saturated heterocycles. The van der Waals surface area contributed by atoms with Gasteiger partial charge in [-0.15, -0.1) is 11.3 Å². The molecule has 2 aromatic heterocycles. The summed E-state index contributed by atoms with van der Waals surface area (Å²) >= 11 is 1.48. The number of imidazole rings is 1. The van der Waals surface area contributed by atoms with E-state index in [1.807, 2.05) is 31.2 Å². The summed E-state index contributed by atoms with van der Waals surface area (Å²) in [4.78, 5) is 26.2. The Hall–Kier alpha value is -2.21. The number of carbonyl (C=O) groups is 1. The Morgan fingerprint density at radius 3 is 2.54 bits per heavy atom. The van der Waals surface area contributed by atoms with Crippen LogP contribution in [0.25, 0.3) is 11.0 Å². The lowest BCUT2D eigenvalue weighted by molar-refractivity contribution is 0.0933. The van der Waals surface area contributed by atoms with E-state index < -0.39 is 0 Å². The molecule has 2 heterocycles. The second-order valence-corrected chi connectivity index (χ2v) is 8.45. The number of H-pyrrole nitrogens is 1. The van der Waals surface area contributed by atoms with Crippen LogP contribution in [0.1, 0.15) is 72.3 Å². The standard InChI is InChI=1S/C20H26N4OS/c1-11(2)10-16(18-22-14-8-6-7-9-15(14)23-18)24-19(25)17-13(5)21-20(26-17)12(3)4/h6-9,11-12,16H,10H2,1-5H3,(H,22,23)(H,24,25). The molecule has 0 aliphatic rings. The van der Waals surface area contributed by atoms with Crippen molar-refractivity contribution >= 4 is 28.3 Å². The van der Waals surface area contributed by atoms with Crippen LogP contribution in [-0.2, 0) is 0 Å². The van der Waals surface area contributed by atoms with E-state index in [1.54, 1.807) is 0 Å². The van der Waals surface area contributed by atoms with Crippen LogP contribution in [0.15, 0.2) is 24.3 Å². The van der Waals surface area contributed by atoms with Gasteiger partial charge in [-0.2, -0.15) is 0 Å². The highest BCUT2D eigenvalue weighted by molar-refractivity contribution is 7.13. The first-order chi connectivity index (χ1) is 12.3. The molecule has 0 aliphatic carbocycles. The molecule has 3 aromatic rings. The molecule has 1 amide bonds. The van der Waals surface area contributed by atoms with E-state index in [2.05, 4.69) is 48.0 Å². The Morgan fingerprint density at radius 2 is 1.92 bits per heavy atom. The highest BCUT2D eigenvalue weighted by Gasteiger charge is 2.23. The van der Waals surface area contributed by atoms with Gasteiger partial charge in [0, 0.05) is 5.92 Å². The monoisotopic (exact) mass is 370 g/mol. The first-order valence-electron chi connectivity index (χ1n) is 9.08. The Bertz CT molecular complexity index is 877. The lowest BCUT2D eigenvalue weighted by atomic mass is 10.0. The second-order valence-electron chi connectivity index (χ2n) is 7.42. The number of carbonyl (C=O) groups excluding carboxylic acids is 1. The number of nitrogens with one attached hydrogen (secondary N) is 2. The Balaban J connectivity index is 1.87. The number of hydrogen-bond acceptors (Lipinski definition) is 4. The van der Waals surface area contributed by atoms with Crippen LogP contribution < -0.4 is 5.32 Å². The van der Waals surface area contributed by atoms with Crippen molar-refractivity contribution in [3.63, 3.8) is 0 Å². The van der Waals surface area contributed by atoms with Crippen LogP contribution in [0.5, 0.6) is 0 Å². The fourth-order valence-corrected chi connectivity index (χ4v) is 3.92. The van der Waals surface area contributed by atoms with Crippen molar-refractivity contribution < 1.29 is 4.79 Å². The van der Waals surface area contributed by atoms with Gasteiger partial charge in [-0.1, -0.05) is 39.8 Å². The van der Waals surface area contributed by atoms with Crippen LogP contribution in [-0.4, -0.2) is 20.9 Å². The van der Waals surface area contributed by atoms with Crippen molar-refractivity contribution in [2.45, 2.75) is 53.0 Å². The topological polar surface area (TPSA) is 70.7 Å². The minimum absolute atomic E-state index is 0.0713. The van der Waals surface area contributed by atoms with E-state index in [0.717, 1.165) is 34.0 Å². The molecule has 0 radical (unpaired) electrons. The molecular formula is C20H26N4OS. The number of para-hydroxylation sites is 2. The molecule has 3 rings (SSSR count). The SMILES string of the molecule is Cc1nc(C(C)C)sc1C(=O)NC(CC(C)C)c1nc2ccccc2[nH]1. The van der Waals surface area contributed by atoms with Gasteiger partial charge in [0.25, 0.3) is 5.91 Å². The first-order valence-corrected chi connectivity index (χ1v) is 9.89. The van der Waals surface area contributed by atoms with Crippen molar-refractivity contribution in [2.75, 3.05) is 0 Å². The van der Waals surface area contributed by atoms with Crippen molar-refractivity contribution in [3.05, 3.63) is 45.7 Å². The predicted octanol–water partition coefficient (Wildman–Crippen LogP) is 4.97. The van der Waals surface area contributed by atoms with Gasteiger partial charge >= 0.3 is 0 Å². The lowest BCUT2D eigenvalue weighted by Crippen LogP contribution is -2.30. The number of aryl methyl sites for hydroxylation is 1. The van der Waals surface area contributed by atoms with Crippen molar-refractivity contribution in [2.24, 2.45) is 5.92 Å². The van der Waals surface area contributed by atoms with Gasteiger partial charge in [0.2, 0.25) is 0 Å². The number of fused-ring (bicyclic) bond motifs is 1. The maximum absolute atomic E-state index is 12.9. The molecule has 0 fully saturated rings. The van der Waals surface area contributed by atoms with Gasteiger partial charge in [0.15, 0.2) is 0 Å². The third-order valence-corrected chi connectivity index (χ3v) is 5.72. The van der Waals surface area contributed by atoms with Gasteiger partial charge in [0.1, 0.15) is 10.7 Å². The number of amides is 1. The number of benzene rings is 1. The number of thiazole rings is 1. The fourth-order valence-electron chi connectivity index (χ4n) is 2.95. The molecule has 0 spiro atoms. The average molecular weight is 371 g/mol. The average Bonchev–Trinajstić information content (AvgIpc) is 3.17. The third-order valence-electron chi connectivity index (χ3n) is 4.26. The third kappa shape index (κ3) is 3.96. The Morgan fingerprint density at radius 1 is 1.19 bits per heavy atom. The summed E-state index contributed by atoms with van der Waals surface area (Å²) in [6.07, 6.45) is 0.820. The normalized spacial score (nSPS) is 12.9. The maximum atomic E-state index is 12.9. The van der Waals surface area contributed by atoms with E-state index >= 15 is 0 Å². The van der Waals surface area contributed by atoms with Crippen LogP contribution in [0.2, 0.25) is 0 Å². The summed E-state index contributed by atoms with van der Waals surface area (Å²) in [5, 5.41) is 4.17. The minimum atomic E-state index is -0.154. The van der Waals surface area contributed by atoms with E-state index in [1.165, 1.54) is 11.3 Å². The number of hydrogen-bond donors (Lipinski definition) is 2. The van der Waals surface area contributed by atoms with Gasteiger partial charge < -0.3 is 10.3 Å². The molecule has 26 heavy (non-hydrogen) atoms. The summed E-state index contributed by atoms with van der Waals surface area (Å²) in [6.45, 7) is 10.4. The maximum Gasteiger partial charge on any atom is 0.263 e. The fraction of sp³-hybridized carbons (Fsp3) is 0.450. The number of aromatic amines is 1. The molecule has 0 bridgehead atoms. The molecular weight excluding hydrogens is 344 g/mol. The van der Waals surface area contributed by atoms with Crippen molar-refractivity contribution in [1.29, 1.82) is 0 Å². The lowest BCUT2D eigenvalue weighted by Gasteiger charge is -2.18. The number of aromatic nitrogens is 3. The van der Waals surface area contributed by atoms with Crippen molar-refractivity contribution in [1.82, 2.24) is 20.3 Å². The van der Waals surface area contributed by atoms with E-state index in [4.69, 9.17) is 0 Å². The number of nitrogens with zero attached hydrogens (tertiary/aromatic N) is 2. The predicted molar refractivity (Wildman–Crippen MR) is 107 cm³/mol. The van der Waals surface area contributed by atoms with Crippen LogP contribution in [0, 0.1) is 12.8 Å². The molecule has 0 aliphatic heterocycles. The van der Waals surface area contributed by atoms with Gasteiger partial charge in [0.05, 0.1) is 27.8 Å². The second kappa shape index (κ2) is 7.58. The quantitative estimate of drug-likeness (QED) is 0.643. The zero-order valence-corrected chi connectivity index (χ0v) is 16.8. The van der Waals surface area contributed by atoms with Gasteiger partial charge in [-0.3, -0.25) is 4.79 Å². The highest BCUT2D eigenvalue weighted by Crippen LogP contribution is 2.27.